The lowest BCUT2D eigenvalue weighted by molar-refractivity contribution is -0.144. The topological polar surface area (TPSA) is 148 Å². The molecule has 48 heavy (non-hydrogen) atoms. The number of carbonyl (C=O) groups excluding carboxylic acids is 5. The Morgan fingerprint density at radius 3 is 2.23 bits per heavy atom. The Bertz CT molecular complexity index is 1630. The number of benzene rings is 2. The van der Waals surface area contributed by atoms with Crippen LogP contribution in [0, 0.1) is 34.5 Å². The van der Waals surface area contributed by atoms with E-state index < -0.39 is 41.6 Å². The molecule has 1 heterocycles. The molecule has 10 heteroatoms. The van der Waals surface area contributed by atoms with Gasteiger partial charge in [-0.1, -0.05) is 50.3 Å². The van der Waals surface area contributed by atoms with E-state index in [1.807, 2.05) is 30.3 Å². The molecular weight excluding hydrogens is 606 g/mol. The number of ketones is 2. The van der Waals surface area contributed by atoms with Gasteiger partial charge in [0.05, 0.1) is 17.7 Å². The lowest BCUT2D eigenvalue weighted by atomic mass is 9.93. The van der Waals surface area contributed by atoms with Crippen molar-refractivity contribution >= 4 is 35.1 Å². The van der Waals surface area contributed by atoms with Gasteiger partial charge >= 0.3 is 6.03 Å². The largest absolute Gasteiger partial charge is 0.344 e. The zero-order valence-corrected chi connectivity index (χ0v) is 27.5. The fourth-order valence-electron chi connectivity index (χ4n) is 7.50. The third-order valence-electron chi connectivity index (χ3n) is 10.3. The Morgan fingerprint density at radius 2 is 1.62 bits per heavy atom. The lowest BCUT2D eigenvalue weighted by Crippen LogP contribution is -2.59. The molecule has 2 aromatic carbocycles. The third-order valence-corrected chi connectivity index (χ3v) is 10.3. The molecule has 5 rings (SSSR count). The van der Waals surface area contributed by atoms with E-state index in [2.05, 4.69) is 43.0 Å². The van der Waals surface area contributed by atoms with Crippen molar-refractivity contribution in [3.63, 3.8) is 0 Å². The summed E-state index contributed by atoms with van der Waals surface area (Å²) in [6.07, 6.45) is 5.35. The number of urea groups is 1. The molecule has 1 aliphatic heterocycles. The van der Waals surface area contributed by atoms with Gasteiger partial charge in [0.25, 0.3) is 0 Å². The Labute approximate surface area is 281 Å². The number of Topliss-reactive ketones (excluding diaryl/α,β-unsaturated/α-hetero) is 2. The van der Waals surface area contributed by atoms with Gasteiger partial charge in [-0.15, -0.1) is 13.2 Å². The molecule has 0 bridgehead atoms. The number of likely N-dealkylation sites (tertiary alicyclic amines) is 1. The predicted molar refractivity (Wildman–Crippen MR) is 182 cm³/mol. The minimum atomic E-state index is -1.04. The summed E-state index contributed by atoms with van der Waals surface area (Å²) in [6.45, 7) is 11.8. The molecule has 1 saturated carbocycles. The van der Waals surface area contributed by atoms with Crippen molar-refractivity contribution < 1.29 is 24.0 Å². The summed E-state index contributed by atoms with van der Waals surface area (Å²) in [6, 6.07) is 13.0. The second-order valence-corrected chi connectivity index (χ2v) is 13.6. The number of hydrogen-bond donors (Lipinski definition) is 3. The van der Waals surface area contributed by atoms with Gasteiger partial charge in [-0.05, 0) is 90.7 Å². The van der Waals surface area contributed by atoms with Gasteiger partial charge in [0.15, 0.2) is 0 Å². The summed E-state index contributed by atoms with van der Waals surface area (Å²) in [5.41, 5.74) is 2.94. The van der Waals surface area contributed by atoms with E-state index in [0.717, 1.165) is 11.1 Å². The highest BCUT2D eigenvalue weighted by Crippen LogP contribution is 2.65. The number of anilines is 1. The molecule has 5 atom stereocenters. The number of nitrogens with one attached hydrogen (secondary N) is 3. The van der Waals surface area contributed by atoms with Crippen molar-refractivity contribution in [2.24, 2.45) is 23.2 Å². The summed E-state index contributed by atoms with van der Waals surface area (Å²) in [4.78, 5) is 69.4. The molecule has 2 aromatic rings. The van der Waals surface area contributed by atoms with Crippen LogP contribution in [0.1, 0.15) is 56.2 Å². The number of hydrogen-bond acceptors (Lipinski definition) is 6. The molecule has 3 aliphatic rings. The fourth-order valence-corrected chi connectivity index (χ4v) is 7.50. The molecule has 250 valence electrons. The molecular formula is C38H43N5O5. The van der Waals surface area contributed by atoms with Crippen LogP contribution in [0.25, 0.3) is 0 Å². The second-order valence-electron chi connectivity index (χ2n) is 13.6. The van der Waals surface area contributed by atoms with Crippen LogP contribution < -0.4 is 16.0 Å². The first-order valence-electron chi connectivity index (χ1n) is 16.5. The maximum atomic E-state index is 14.6. The van der Waals surface area contributed by atoms with Crippen molar-refractivity contribution in [1.82, 2.24) is 15.5 Å². The predicted octanol–water partition coefficient (Wildman–Crippen LogP) is 4.50. The minimum absolute atomic E-state index is 0.0101. The Morgan fingerprint density at radius 1 is 0.979 bits per heavy atom. The van der Waals surface area contributed by atoms with Gasteiger partial charge in [-0.2, -0.15) is 5.26 Å². The molecule has 1 saturated heterocycles. The normalized spacial score (nSPS) is 21.4. The lowest BCUT2D eigenvalue weighted by Gasteiger charge is -2.35. The second kappa shape index (κ2) is 14.4. The average Bonchev–Trinajstić information content (AvgIpc) is 3.44. The summed E-state index contributed by atoms with van der Waals surface area (Å²) in [5.74, 6) is -2.40. The van der Waals surface area contributed by atoms with Gasteiger partial charge in [0.2, 0.25) is 23.4 Å². The van der Waals surface area contributed by atoms with Crippen LogP contribution in [0.3, 0.4) is 0 Å². The molecule has 2 aliphatic carbocycles. The summed E-state index contributed by atoms with van der Waals surface area (Å²) < 4.78 is 0. The van der Waals surface area contributed by atoms with Crippen LogP contribution in [0.2, 0.25) is 0 Å². The van der Waals surface area contributed by atoms with E-state index in [0.29, 0.717) is 43.5 Å². The highest BCUT2D eigenvalue weighted by atomic mass is 16.2. The van der Waals surface area contributed by atoms with Gasteiger partial charge in [-0.25, -0.2) is 4.79 Å². The SMILES string of the molecule is C=CCCC(=O)C(=O)C(CCC=C)NC(=O)[C@@H]1C2C(CN1C(=O)[C@@H](NC(=O)Nc1ccc(C#N)cc1)C1Cc3ccccc3C1)C2(C)C. The number of piperidine rings is 1. The van der Waals surface area contributed by atoms with E-state index in [1.165, 1.54) is 0 Å². The first-order chi connectivity index (χ1) is 23.0. The summed E-state index contributed by atoms with van der Waals surface area (Å²) in [7, 11) is 0. The number of nitriles is 1. The van der Waals surface area contributed by atoms with Crippen LogP contribution in [-0.2, 0) is 32.0 Å². The Hall–Kier alpha value is -5.04. The molecule has 4 amide bonds. The van der Waals surface area contributed by atoms with Crippen LogP contribution in [-0.4, -0.2) is 59.0 Å². The number of carbonyl (C=O) groups is 5. The van der Waals surface area contributed by atoms with E-state index in [4.69, 9.17) is 5.26 Å². The van der Waals surface area contributed by atoms with Gasteiger partial charge in [-0.3, -0.25) is 19.2 Å². The van der Waals surface area contributed by atoms with Crippen LogP contribution in [0.5, 0.6) is 0 Å². The highest BCUT2D eigenvalue weighted by Gasteiger charge is 2.69. The molecule has 2 fully saturated rings. The van der Waals surface area contributed by atoms with Crippen molar-refractivity contribution in [3.8, 4) is 6.07 Å². The number of allylic oxidation sites excluding steroid dienone is 2. The maximum Gasteiger partial charge on any atom is 0.319 e. The van der Waals surface area contributed by atoms with Gasteiger partial charge in [0, 0.05) is 18.7 Å². The van der Waals surface area contributed by atoms with E-state index in [1.54, 1.807) is 41.3 Å². The maximum absolute atomic E-state index is 14.6. The van der Waals surface area contributed by atoms with E-state index >= 15 is 0 Å². The smallest absolute Gasteiger partial charge is 0.319 e. The Balaban J connectivity index is 1.39. The van der Waals surface area contributed by atoms with Crippen LogP contribution in [0.4, 0.5) is 10.5 Å². The molecule has 0 aromatic heterocycles. The van der Waals surface area contributed by atoms with Crippen molar-refractivity contribution in [2.45, 2.75) is 70.5 Å². The number of rotatable bonds is 14. The van der Waals surface area contributed by atoms with E-state index in [-0.39, 0.29) is 41.9 Å². The number of fused-ring (bicyclic) bond motifs is 2. The molecule has 3 N–H and O–H groups in total. The highest BCUT2D eigenvalue weighted by molar-refractivity contribution is 6.39. The number of nitrogens with zero attached hydrogens (tertiary/aromatic N) is 2. The standard InChI is InChI=1S/C38H43N5O5/c1-5-7-13-29(34(45)30(44)14-8-6-2)41-35(46)33-31-28(38(31,3)4)22-43(33)36(47)32(26-19-24-11-9-10-12-25(24)20-26)42-37(48)40-27-17-15-23(21-39)16-18-27/h5-6,9-12,15-18,26,28-29,31-33H,1-2,7-8,13-14,19-20,22H2,3-4H3,(H,41,46)(H2,40,42,48)/t28?,29?,31?,32-,33-/m0/s1. The molecule has 10 nitrogen and oxygen atoms in total. The monoisotopic (exact) mass is 649 g/mol. The summed E-state index contributed by atoms with van der Waals surface area (Å²) in [5, 5.41) is 17.6. The molecule has 3 unspecified atom stereocenters. The van der Waals surface area contributed by atoms with Crippen molar-refractivity contribution in [2.75, 3.05) is 11.9 Å². The zero-order valence-electron chi connectivity index (χ0n) is 27.5. The van der Waals surface area contributed by atoms with Crippen molar-refractivity contribution in [3.05, 3.63) is 90.5 Å². The average molecular weight is 650 g/mol. The van der Waals surface area contributed by atoms with Crippen molar-refractivity contribution in [1.29, 1.82) is 5.26 Å². The fraction of sp³-hybridized carbons (Fsp3) is 0.421. The summed E-state index contributed by atoms with van der Waals surface area (Å²) >= 11 is 0. The van der Waals surface area contributed by atoms with Gasteiger partial charge in [0.1, 0.15) is 12.1 Å². The third kappa shape index (κ3) is 7.10. The Kier molecular flexibility index (Phi) is 10.3. The minimum Gasteiger partial charge on any atom is -0.344 e. The first-order valence-corrected chi connectivity index (χ1v) is 16.5. The van der Waals surface area contributed by atoms with E-state index in [9.17, 15) is 24.0 Å². The number of amides is 4. The first kappa shape index (κ1) is 34.3. The van der Waals surface area contributed by atoms with Crippen LogP contribution in [0.15, 0.2) is 73.8 Å². The molecule has 0 spiro atoms. The quantitative estimate of drug-likeness (QED) is 0.203. The molecule has 0 radical (unpaired) electrons. The van der Waals surface area contributed by atoms with Gasteiger partial charge < -0.3 is 20.9 Å². The van der Waals surface area contributed by atoms with Crippen LogP contribution >= 0.6 is 0 Å². The zero-order chi connectivity index (χ0) is 34.6.